The number of hydrogen-bond acceptors (Lipinski definition) is 8. The summed E-state index contributed by atoms with van der Waals surface area (Å²) >= 11 is 0. The van der Waals surface area contributed by atoms with E-state index in [2.05, 4.69) is 36.0 Å². The number of nitriles is 2. The number of fused-ring (bicyclic) bond motifs is 1. The van der Waals surface area contributed by atoms with Crippen molar-refractivity contribution in [3.63, 3.8) is 0 Å². The molecule has 1 saturated heterocycles. The zero-order valence-corrected chi connectivity index (χ0v) is 21.3. The minimum Gasteiger partial charge on any atom is -0.474 e. The molecule has 2 aliphatic rings. The van der Waals surface area contributed by atoms with E-state index in [-0.39, 0.29) is 23.6 Å². The summed E-state index contributed by atoms with van der Waals surface area (Å²) in [7, 11) is 0. The van der Waals surface area contributed by atoms with Crippen LogP contribution in [-0.4, -0.2) is 59.9 Å². The van der Waals surface area contributed by atoms with Crippen molar-refractivity contribution in [1.29, 1.82) is 10.5 Å². The molecule has 6 rings (SSSR count). The first kappa shape index (κ1) is 25.8. The van der Waals surface area contributed by atoms with Crippen molar-refractivity contribution < 1.29 is 17.9 Å². The molecule has 1 aliphatic carbocycles. The minimum absolute atomic E-state index is 0.142. The van der Waals surface area contributed by atoms with E-state index in [9.17, 15) is 18.4 Å². The van der Waals surface area contributed by atoms with Crippen molar-refractivity contribution in [3.05, 3.63) is 54.4 Å². The molecule has 0 amide bonds. The predicted octanol–water partition coefficient (Wildman–Crippen LogP) is 4.42. The van der Waals surface area contributed by atoms with Crippen LogP contribution in [-0.2, 0) is 11.7 Å². The Hall–Kier alpha value is -4.49. The molecule has 4 aromatic rings. The molecule has 0 atom stereocenters. The van der Waals surface area contributed by atoms with Gasteiger partial charge in [0.1, 0.15) is 23.8 Å². The maximum atomic E-state index is 13.2. The van der Waals surface area contributed by atoms with Gasteiger partial charge in [-0.1, -0.05) is 0 Å². The van der Waals surface area contributed by atoms with Crippen LogP contribution in [0.2, 0.25) is 0 Å². The fourth-order valence-electron chi connectivity index (χ4n) is 5.75. The van der Waals surface area contributed by atoms with Crippen molar-refractivity contribution in [2.45, 2.75) is 56.0 Å². The lowest BCUT2D eigenvalue weighted by molar-refractivity contribution is -0.141. The van der Waals surface area contributed by atoms with E-state index in [1.54, 1.807) is 12.3 Å². The highest BCUT2D eigenvalue weighted by Gasteiger charge is 2.49. The number of likely N-dealkylation sites (tertiary alicyclic amines) is 1. The molecule has 1 aliphatic heterocycles. The Balaban J connectivity index is 1.10. The van der Waals surface area contributed by atoms with E-state index in [1.807, 2.05) is 23.1 Å². The third kappa shape index (κ3) is 4.73. The van der Waals surface area contributed by atoms with Crippen LogP contribution >= 0.6 is 0 Å². The van der Waals surface area contributed by atoms with Crippen LogP contribution in [0.1, 0.15) is 43.4 Å². The summed E-state index contributed by atoms with van der Waals surface area (Å²) in [4.78, 5) is 17.7. The van der Waals surface area contributed by atoms with Crippen LogP contribution < -0.4 is 4.74 Å². The number of nitrogens with zero attached hydrogens (tertiary/aromatic N) is 8. The minimum atomic E-state index is -4.66. The smallest absolute Gasteiger partial charge is 0.433 e. The van der Waals surface area contributed by atoms with Gasteiger partial charge in [0.2, 0.25) is 5.88 Å². The Morgan fingerprint density at radius 3 is 2.67 bits per heavy atom. The largest absolute Gasteiger partial charge is 0.474 e. The summed E-state index contributed by atoms with van der Waals surface area (Å²) in [6, 6.07) is 8.20. The van der Waals surface area contributed by atoms with Crippen molar-refractivity contribution in [3.8, 4) is 29.3 Å². The van der Waals surface area contributed by atoms with Gasteiger partial charge in [-0.2, -0.15) is 28.8 Å². The SMILES string of the molecule is N#CC[C@]1(n2cc(-c3ncnc4[nH]ccc34)cn2)C[C@H](N2CCC(Oc3cc(C#N)cc(C(F)(F)F)n3)CC2)C1. The van der Waals surface area contributed by atoms with Crippen molar-refractivity contribution in [2.24, 2.45) is 0 Å². The van der Waals surface area contributed by atoms with E-state index in [1.165, 1.54) is 12.4 Å². The lowest BCUT2D eigenvalue weighted by Crippen LogP contribution is -2.58. The molecule has 2 fully saturated rings. The van der Waals surface area contributed by atoms with Gasteiger partial charge in [0, 0.05) is 48.5 Å². The molecule has 0 radical (unpaired) electrons. The molecular formula is C27H24F3N9O. The van der Waals surface area contributed by atoms with E-state index in [0.29, 0.717) is 32.4 Å². The zero-order valence-electron chi connectivity index (χ0n) is 21.3. The summed E-state index contributed by atoms with van der Waals surface area (Å²) in [5.74, 6) is -0.184. The summed E-state index contributed by atoms with van der Waals surface area (Å²) in [5, 5.41) is 24.2. The molecule has 0 bridgehead atoms. The first-order chi connectivity index (χ1) is 19.3. The van der Waals surface area contributed by atoms with Gasteiger partial charge in [-0.15, -0.1) is 0 Å². The Bertz CT molecular complexity index is 1620. The zero-order chi connectivity index (χ0) is 27.9. The number of alkyl halides is 3. The molecule has 204 valence electrons. The van der Waals surface area contributed by atoms with E-state index >= 15 is 0 Å². The van der Waals surface area contributed by atoms with Gasteiger partial charge in [0.25, 0.3) is 0 Å². The van der Waals surface area contributed by atoms with Crippen LogP contribution in [0.25, 0.3) is 22.3 Å². The lowest BCUT2D eigenvalue weighted by Gasteiger charge is -2.52. The lowest BCUT2D eigenvalue weighted by atomic mass is 9.69. The van der Waals surface area contributed by atoms with E-state index in [0.717, 1.165) is 41.2 Å². The van der Waals surface area contributed by atoms with E-state index in [4.69, 9.17) is 10.00 Å². The topological polar surface area (TPSA) is 132 Å². The summed E-state index contributed by atoms with van der Waals surface area (Å²) < 4.78 is 47.1. The second-order valence-corrected chi connectivity index (χ2v) is 10.3. The second kappa shape index (κ2) is 9.92. The highest BCUT2D eigenvalue weighted by atomic mass is 19.4. The van der Waals surface area contributed by atoms with Crippen molar-refractivity contribution >= 4 is 11.0 Å². The molecule has 13 heteroatoms. The predicted molar refractivity (Wildman–Crippen MR) is 136 cm³/mol. The average molecular weight is 548 g/mol. The summed E-state index contributed by atoms with van der Waals surface area (Å²) in [5.41, 5.74) is 0.687. The first-order valence-corrected chi connectivity index (χ1v) is 12.9. The Kier molecular flexibility index (Phi) is 6.39. The number of H-pyrrole nitrogens is 1. The number of aromatic nitrogens is 6. The fourth-order valence-corrected chi connectivity index (χ4v) is 5.75. The van der Waals surface area contributed by atoms with Crippen LogP contribution in [0.3, 0.4) is 0 Å². The first-order valence-electron chi connectivity index (χ1n) is 12.9. The van der Waals surface area contributed by atoms with Gasteiger partial charge in [0.15, 0.2) is 0 Å². The van der Waals surface area contributed by atoms with Crippen LogP contribution in [0, 0.1) is 22.7 Å². The van der Waals surface area contributed by atoms with Crippen LogP contribution in [0.4, 0.5) is 13.2 Å². The number of pyridine rings is 1. The summed E-state index contributed by atoms with van der Waals surface area (Å²) in [6.07, 6.45) is 5.17. The molecule has 0 aromatic carbocycles. The number of halogens is 3. The third-order valence-corrected chi connectivity index (χ3v) is 7.84. The van der Waals surface area contributed by atoms with Gasteiger partial charge in [0.05, 0.1) is 41.6 Å². The molecule has 1 saturated carbocycles. The molecule has 5 heterocycles. The van der Waals surface area contributed by atoms with Crippen LogP contribution in [0.15, 0.2) is 43.1 Å². The third-order valence-electron chi connectivity index (χ3n) is 7.84. The highest BCUT2D eigenvalue weighted by molar-refractivity contribution is 5.90. The summed E-state index contributed by atoms with van der Waals surface area (Å²) in [6.45, 7) is 1.41. The number of piperidine rings is 1. The number of nitrogens with one attached hydrogen (secondary N) is 1. The molecule has 0 spiro atoms. The van der Waals surface area contributed by atoms with Crippen LogP contribution in [0.5, 0.6) is 5.88 Å². The molecular weight excluding hydrogens is 523 g/mol. The average Bonchev–Trinajstić information content (AvgIpc) is 3.61. The molecule has 4 aromatic heterocycles. The Labute approximate surface area is 227 Å². The normalized spacial score (nSPS) is 22.0. The second-order valence-electron chi connectivity index (χ2n) is 10.3. The van der Waals surface area contributed by atoms with Crippen molar-refractivity contribution in [2.75, 3.05) is 13.1 Å². The van der Waals surface area contributed by atoms with Gasteiger partial charge >= 0.3 is 6.18 Å². The quantitative estimate of drug-likeness (QED) is 0.375. The van der Waals surface area contributed by atoms with E-state index < -0.39 is 17.4 Å². The number of aromatic amines is 1. The highest BCUT2D eigenvalue weighted by Crippen LogP contribution is 2.45. The standard InChI is InChI=1S/C27H24F3N9O/c28-27(29,30)22-9-17(13-32)10-23(37-22)40-20-2-7-38(8-3-20)19-11-26(12-19,4-5-31)39-15-18(14-36-39)24-21-1-6-33-25(21)35-16-34-24/h1,6,9-10,14-16,19-20H,2-4,7-8,11-12H2,(H,33,34,35)/t19-,26-. The maximum absolute atomic E-state index is 13.2. The van der Waals surface area contributed by atoms with Crippen molar-refractivity contribution in [1.82, 2.24) is 34.6 Å². The van der Waals surface area contributed by atoms with Gasteiger partial charge in [-0.05, 0) is 37.8 Å². The Morgan fingerprint density at radius 2 is 1.95 bits per heavy atom. The Morgan fingerprint density at radius 1 is 1.15 bits per heavy atom. The number of hydrogen-bond donors (Lipinski definition) is 1. The number of rotatable bonds is 6. The van der Waals surface area contributed by atoms with Gasteiger partial charge < -0.3 is 9.72 Å². The molecule has 0 unspecified atom stereocenters. The monoisotopic (exact) mass is 547 g/mol. The van der Waals surface area contributed by atoms with Gasteiger partial charge in [-0.25, -0.2) is 15.0 Å². The van der Waals surface area contributed by atoms with Gasteiger partial charge in [-0.3, -0.25) is 9.58 Å². The maximum Gasteiger partial charge on any atom is 0.433 e. The number of ether oxygens (including phenoxy) is 1. The fraction of sp³-hybridized carbons (Fsp3) is 0.407. The molecule has 1 N–H and O–H groups in total. The molecule has 10 nitrogen and oxygen atoms in total. The molecule has 40 heavy (non-hydrogen) atoms.